The van der Waals surface area contributed by atoms with Gasteiger partial charge in [0.1, 0.15) is 0 Å². The average Bonchev–Trinajstić information content (AvgIpc) is 2.96. The number of hydrogen-bond acceptors (Lipinski definition) is 2. The van der Waals surface area contributed by atoms with Crippen molar-refractivity contribution in [2.75, 3.05) is 0 Å². The summed E-state index contributed by atoms with van der Waals surface area (Å²) in [5.74, 6) is -0.0284. The van der Waals surface area contributed by atoms with Gasteiger partial charge in [-0.15, -0.1) is 0 Å². The van der Waals surface area contributed by atoms with Gasteiger partial charge >= 0.3 is 0 Å². The quantitative estimate of drug-likeness (QED) is 0.459. The van der Waals surface area contributed by atoms with Crippen molar-refractivity contribution in [1.29, 1.82) is 0 Å². The van der Waals surface area contributed by atoms with E-state index in [1.807, 2.05) is 37.3 Å². The lowest BCUT2D eigenvalue weighted by Gasteiger charge is -2.19. The first-order chi connectivity index (χ1) is 14.0. The van der Waals surface area contributed by atoms with E-state index in [-0.39, 0.29) is 11.9 Å². The van der Waals surface area contributed by atoms with Crippen LogP contribution in [0.3, 0.4) is 0 Å². The molecule has 3 nitrogen and oxygen atoms in total. The van der Waals surface area contributed by atoms with E-state index in [1.165, 1.54) is 25.7 Å². The number of nitrogens with one attached hydrogen (secondary N) is 1. The second-order valence-electron chi connectivity index (χ2n) is 7.76. The van der Waals surface area contributed by atoms with Crippen LogP contribution in [-0.4, -0.2) is 16.9 Å². The summed E-state index contributed by atoms with van der Waals surface area (Å²) in [7, 11) is 0. The zero-order chi connectivity index (χ0) is 20.4. The molecule has 0 atom stereocenters. The maximum atomic E-state index is 13.4. The molecule has 1 saturated carbocycles. The Morgan fingerprint density at radius 3 is 2.48 bits per heavy atom. The van der Waals surface area contributed by atoms with Crippen LogP contribution < -0.4 is 5.32 Å². The molecule has 1 aromatic heterocycles. The fourth-order valence-electron chi connectivity index (χ4n) is 4.22. The molecule has 0 radical (unpaired) electrons. The smallest absolute Gasteiger partial charge is 0.252 e. The molecule has 0 unspecified atom stereocenters. The van der Waals surface area contributed by atoms with E-state index in [0.29, 0.717) is 15.6 Å². The van der Waals surface area contributed by atoms with Gasteiger partial charge in [-0.25, -0.2) is 4.98 Å². The fourth-order valence-corrected chi connectivity index (χ4v) is 4.72. The maximum absolute atomic E-state index is 13.4. The monoisotopic (exact) mass is 426 g/mol. The molecular formula is C24H24Cl2N2O. The number of hydrogen-bond donors (Lipinski definition) is 1. The Balaban J connectivity index is 1.81. The highest BCUT2D eigenvalue weighted by molar-refractivity contribution is 6.36. The van der Waals surface area contributed by atoms with Crippen molar-refractivity contribution in [2.24, 2.45) is 0 Å². The highest BCUT2D eigenvalue weighted by Gasteiger charge is 2.22. The van der Waals surface area contributed by atoms with E-state index in [4.69, 9.17) is 28.2 Å². The van der Waals surface area contributed by atoms with E-state index < -0.39 is 0 Å². The van der Waals surface area contributed by atoms with Crippen molar-refractivity contribution in [2.45, 2.75) is 51.5 Å². The Morgan fingerprint density at radius 2 is 1.76 bits per heavy atom. The molecule has 4 rings (SSSR count). The van der Waals surface area contributed by atoms with Crippen LogP contribution >= 0.6 is 23.2 Å². The summed E-state index contributed by atoms with van der Waals surface area (Å²) in [6, 6.07) is 13.4. The molecule has 1 fully saturated rings. The number of halogens is 2. The van der Waals surface area contributed by atoms with Gasteiger partial charge in [0.25, 0.3) is 5.91 Å². The minimum Gasteiger partial charge on any atom is -0.349 e. The highest BCUT2D eigenvalue weighted by Crippen LogP contribution is 2.35. The zero-order valence-corrected chi connectivity index (χ0v) is 18.0. The van der Waals surface area contributed by atoms with E-state index in [0.717, 1.165) is 40.6 Å². The number of amides is 1. The summed E-state index contributed by atoms with van der Waals surface area (Å²) in [6.07, 6.45) is 6.94. The van der Waals surface area contributed by atoms with Crippen molar-refractivity contribution in [3.8, 4) is 11.3 Å². The lowest BCUT2D eigenvalue weighted by molar-refractivity contribution is 0.0934. The van der Waals surface area contributed by atoms with Crippen molar-refractivity contribution in [1.82, 2.24) is 10.3 Å². The number of rotatable bonds is 3. The van der Waals surface area contributed by atoms with Gasteiger partial charge in [0.2, 0.25) is 0 Å². The number of aromatic nitrogens is 1. The predicted octanol–water partition coefficient (Wildman–Crippen LogP) is 6.97. The topological polar surface area (TPSA) is 42.0 Å². The minimum absolute atomic E-state index is 0.0284. The Morgan fingerprint density at radius 1 is 1.03 bits per heavy atom. The lowest BCUT2D eigenvalue weighted by atomic mass is 9.96. The van der Waals surface area contributed by atoms with Crippen LogP contribution in [0.5, 0.6) is 0 Å². The molecule has 1 amide bonds. The lowest BCUT2D eigenvalue weighted by Crippen LogP contribution is -2.35. The number of carbonyl (C=O) groups excluding carboxylic acids is 1. The third kappa shape index (κ3) is 4.26. The largest absolute Gasteiger partial charge is 0.349 e. The molecular weight excluding hydrogens is 403 g/mol. The fraction of sp³-hybridized carbons (Fsp3) is 0.333. The van der Waals surface area contributed by atoms with E-state index in [2.05, 4.69) is 5.32 Å². The SMILES string of the molecule is Cc1c(-c2ccc(Cl)cc2Cl)nc2ccccc2c1C(=O)NC1CCCCCC1. The first-order valence-corrected chi connectivity index (χ1v) is 11.0. The molecule has 1 N–H and O–H groups in total. The molecule has 0 bridgehead atoms. The van der Waals surface area contributed by atoms with Crippen molar-refractivity contribution >= 4 is 40.0 Å². The summed E-state index contributed by atoms with van der Waals surface area (Å²) >= 11 is 12.5. The van der Waals surface area contributed by atoms with Crippen molar-refractivity contribution in [3.63, 3.8) is 0 Å². The van der Waals surface area contributed by atoms with Crippen LogP contribution in [0.25, 0.3) is 22.2 Å². The number of benzene rings is 2. The molecule has 3 aromatic rings. The van der Waals surface area contributed by atoms with Crippen molar-refractivity contribution in [3.05, 3.63) is 63.6 Å². The van der Waals surface area contributed by atoms with E-state index in [1.54, 1.807) is 12.1 Å². The number of nitrogens with zero attached hydrogens (tertiary/aromatic N) is 1. The summed E-state index contributed by atoms with van der Waals surface area (Å²) in [5, 5.41) is 5.25. The van der Waals surface area contributed by atoms with Crippen LogP contribution in [0.1, 0.15) is 54.4 Å². The summed E-state index contributed by atoms with van der Waals surface area (Å²) in [6.45, 7) is 1.95. The first kappa shape index (κ1) is 20.2. The Labute approximate surface area is 181 Å². The van der Waals surface area contributed by atoms with Crippen LogP contribution in [0.15, 0.2) is 42.5 Å². The van der Waals surface area contributed by atoms with Gasteiger partial charge in [0.05, 0.1) is 21.8 Å². The molecule has 29 heavy (non-hydrogen) atoms. The molecule has 1 aliphatic carbocycles. The number of para-hydroxylation sites is 1. The molecule has 1 aliphatic rings. The second kappa shape index (κ2) is 8.73. The van der Waals surface area contributed by atoms with Crippen molar-refractivity contribution < 1.29 is 4.79 Å². The number of carbonyl (C=O) groups is 1. The Kier molecular flexibility index (Phi) is 6.07. The average molecular weight is 427 g/mol. The molecule has 150 valence electrons. The van der Waals surface area contributed by atoms with Gasteiger partial charge in [-0.3, -0.25) is 4.79 Å². The van der Waals surface area contributed by atoms with Crippen LogP contribution in [0.4, 0.5) is 0 Å². The molecule has 5 heteroatoms. The zero-order valence-electron chi connectivity index (χ0n) is 16.5. The highest BCUT2D eigenvalue weighted by atomic mass is 35.5. The summed E-state index contributed by atoms with van der Waals surface area (Å²) in [4.78, 5) is 18.2. The van der Waals surface area contributed by atoms with Gasteiger partial charge in [0, 0.05) is 22.0 Å². The summed E-state index contributed by atoms with van der Waals surface area (Å²) in [5.41, 5.74) is 3.80. The van der Waals surface area contributed by atoms with Crippen LogP contribution in [-0.2, 0) is 0 Å². The third-order valence-corrected chi connectivity index (χ3v) is 6.29. The van der Waals surface area contributed by atoms with E-state index >= 15 is 0 Å². The van der Waals surface area contributed by atoms with Gasteiger partial charge in [0.15, 0.2) is 0 Å². The molecule has 2 aromatic carbocycles. The maximum Gasteiger partial charge on any atom is 0.252 e. The van der Waals surface area contributed by atoms with Gasteiger partial charge in [-0.1, -0.05) is 67.1 Å². The molecule has 0 saturated heterocycles. The Hall–Kier alpha value is -2.10. The molecule has 1 heterocycles. The third-order valence-electron chi connectivity index (χ3n) is 5.74. The van der Waals surface area contributed by atoms with Gasteiger partial charge in [-0.2, -0.15) is 0 Å². The first-order valence-electron chi connectivity index (χ1n) is 10.2. The van der Waals surface area contributed by atoms with Gasteiger partial charge < -0.3 is 5.32 Å². The van der Waals surface area contributed by atoms with Crippen LogP contribution in [0.2, 0.25) is 10.0 Å². The Bertz CT molecular complexity index is 1060. The second-order valence-corrected chi connectivity index (χ2v) is 8.61. The number of fused-ring (bicyclic) bond motifs is 1. The van der Waals surface area contributed by atoms with E-state index in [9.17, 15) is 4.79 Å². The van der Waals surface area contributed by atoms with Gasteiger partial charge in [-0.05, 0) is 49.6 Å². The standard InChI is InChI=1S/C24H24Cl2N2O/c1-15-22(24(29)27-17-8-4-2-3-5-9-17)19-10-6-7-11-21(19)28-23(15)18-13-12-16(25)14-20(18)26/h6-7,10-14,17H,2-5,8-9H2,1H3,(H,27,29). The van der Waals surface area contributed by atoms with Crippen LogP contribution in [0, 0.1) is 6.92 Å². The number of pyridine rings is 1. The predicted molar refractivity (Wildman–Crippen MR) is 121 cm³/mol. The minimum atomic E-state index is -0.0284. The normalized spacial score (nSPS) is 15.3. The molecule has 0 spiro atoms. The molecule has 0 aliphatic heterocycles. The summed E-state index contributed by atoms with van der Waals surface area (Å²) < 4.78 is 0.